The Morgan fingerprint density at radius 2 is 2.38 bits per heavy atom. The monoisotopic (exact) mass is 262 g/mol. The van der Waals surface area contributed by atoms with E-state index in [1.54, 1.807) is 5.51 Å². The van der Waals surface area contributed by atoms with Gasteiger partial charge in [-0.25, -0.2) is 13.4 Å². The van der Waals surface area contributed by atoms with Gasteiger partial charge in [-0.05, 0) is 7.05 Å². The number of likely N-dealkylation sites (N-methyl/N-ethyl adjacent to an activating group) is 1. The quantitative estimate of drug-likeness (QED) is 0.812. The molecule has 0 aromatic carbocycles. The molecule has 0 aliphatic carbocycles. The minimum atomic E-state index is -3.08. The molecule has 0 spiro atoms. The third kappa shape index (κ3) is 2.60. The summed E-state index contributed by atoms with van der Waals surface area (Å²) in [6.07, 6.45) is -0.784. The maximum atomic E-state index is 11.4. The molecule has 1 aromatic rings. The van der Waals surface area contributed by atoms with Gasteiger partial charge in [0.15, 0.2) is 9.84 Å². The van der Waals surface area contributed by atoms with E-state index in [2.05, 4.69) is 4.98 Å². The average molecular weight is 262 g/mol. The molecule has 0 amide bonds. The molecule has 0 bridgehead atoms. The van der Waals surface area contributed by atoms with Crippen molar-refractivity contribution in [1.29, 1.82) is 0 Å². The largest absolute Gasteiger partial charge is 0.390 e. The fraction of sp³-hybridized carbons (Fsp3) is 0.667. The van der Waals surface area contributed by atoms with Crippen LogP contribution in [0.5, 0.6) is 0 Å². The lowest BCUT2D eigenvalue weighted by Gasteiger charge is -2.24. The summed E-state index contributed by atoms with van der Waals surface area (Å²) in [6.45, 7) is 0.570. The van der Waals surface area contributed by atoms with Crippen LogP contribution in [-0.2, 0) is 16.4 Å². The molecule has 2 heterocycles. The van der Waals surface area contributed by atoms with Gasteiger partial charge >= 0.3 is 0 Å². The van der Waals surface area contributed by atoms with Crippen molar-refractivity contribution in [3.63, 3.8) is 0 Å². The highest BCUT2D eigenvalue weighted by Gasteiger charge is 2.38. The number of thiazole rings is 1. The molecule has 1 aliphatic heterocycles. The van der Waals surface area contributed by atoms with E-state index in [0.29, 0.717) is 6.54 Å². The Kier molecular flexibility index (Phi) is 3.29. The van der Waals surface area contributed by atoms with Crippen molar-refractivity contribution >= 4 is 21.2 Å². The van der Waals surface area contributed by atoms with E-state index in [9.17, 15) is 13.5 Å². The van der Waals surface area contributed by atoms with Crippen LogP contribution >= 0.6 is 11.3 Å². The number of aliphatic hydroxyl groups is 1. The van der Waals surface area contributed by atoms with Gasteiger partial charge < -0.3 is 5.11 Å². The summed E-state index contributed by atoms with van der Waals surface area (Å²) in [4.78, 5) is 5.99. The second kappa shape index (κ2) is 4.40. The van der Waals surface area contributed by atoms with Crippen molar-refractivity contribution in [3.8, 4) is 0 Å². The van der Waals surface area contributed by atoms with E-state index in [-0.39, 0.29) is 17.5 Å². The number of nitrogens with zero attached hydrogens (tertiary/aromatic N) is 2. The lowest BCUT2D eigenvalue weighted by molar-refractivity contribution is 0.0952. The van der Waals surface area contributed by atoms with Gasteiger partial charge in [0.1, 0.15) is 0 Å². The molecule has 2 unspecified atom stereocenters. The van der Waals surface area contributed by atoms with Crippen LogP contribution in [0.2, 0.25) is 0 Å². The van der Waals surface area contributed by atoms with Gasteiger partial charge in [-0.2, -0.15) is 0 Å². The second-order valence-corrected chi connectivity index (χ2v) is 6.98. The molecule has 5 nitrogen and oxygen atoms in total. The number of aromatic nitrogens is 1. The molecule has 1 aromatic heterocycles. The van der Waals surface area contributed by atoms with Gasteiger partial charge in [0.2, 0.25) is 0 Å². The average Bonchev–Trinajstić information content (AvgIpc) is 2.73. The van der Waals surface area contributed by atoms with Crippen LogP contribution in [0.25, 0.3) is 0 Å². The smallest absolute Gasteiger partial charge is 0.154 e. The van der Waals surface area contributed by atoms with E-state index in [0.717, 1.165) is 5.69 Å². The fourth-order valence-electron chi connectivity index (χ4n) is 1.92. The Labute approximate surface area is 98.7 Å². The standard InChI is InChI=1S/C9H14N2O3S2/c1-11(2-7-3-15-6-10-7)8-4-16(13,14)5-9(8)12/h3,6,8-9,12H,2,4-5H2,1H3. The number of aliphatic hydroxyl groups excluding tert-OH is 1. The molecular weight excluding hydrogens is 248 g/mol. The first-order chi connectivity index (χ1) is 7.48. The Bertz CT molecular complexity index is 443. The van der Waals surface area contributed by atoms with Crippen LogP contribution in [0.3, 0.4) is 0 Å². The minimum absolute atomic E-state index is 0.0365. The van der Waals surface area contributed by atoms with Crippen LogP contribution in [0.15, 0.2) is 10.9 Å². The third-order valence-corrected chi connectivity index (χ3v) is 5.09. The van der Waals surface area contributed by atoms with E-state index in [4.69, 9.17) is 0 Å². The number of rotatable bonds is 3. The summed E-state index contributed by atoms with van der Waals surface area (Å²) in [7, 11) is -1.26. The normalized spacial score (nSPS) is 28.7. The lowest BCUT2D eigenvalue weighted by Crippen LogP contribution is -2.40. The van der Waals surface area contributed by atoms with Crippen LogP contribution in [0.4, 0.5) is 0 Å². The third-order valence-electron chi connectivity index (χ3n) is 2.75. The summed E-state index contributed by atoms with van der Waals surface area (Å²) in [5, 5.41) is 11.6. The summed E-state index contributed by atoms with van der Waals surface area (Å²) >= 11 is 1.51. The first-order valence-electron chi connectivity index (χ1n) is 4.94. The summed E-state index contributed by atoms with van der Waals surface area (Å²) < 4.78 is 22.7. The Balaban J connectivity index is 2.03. The van der Waals surface area contributed by atoms with Crippen molar-refractivity contribution in [2.75, 3.05) is 18.6 Å². The van der Waals surface area contributed by atoms with Gasteiger partial charge in [0, 0.05) is 11.9 Å². The van der Waals surface area contributed by atoms with Crippen molar-refractivity contribution in [1.82, 2.24) is 9.88 Å². The first-order valence-corrected chi connectivity index (χ1v) is 7.70. The predicted octanol–water partition coefficient (Wildman–Crippen LogP) is -0.267. The van der Waals surface area contributed by atoms with Crippen LogP contribution < -0.4 is 0 Å². The summed E-state index contributed by atoms with van der Waals surface area (Å²) in [6, 6.07) is -0.313. The molecular formula is C9H14N2O3S2. The van der Waals surface area contributed by atoms with E-state index in [1.165, 1.54) is 11.3 Å². The maximum absolute atomic E-state index is 11.4. The molecule has 0 radical (unpaired) electrons. The van der Waals surface area contributed by atoms with Crippen LogP contribution in [0.1, 0.15) is 5.69 Å². The lowest BCUT2D eigenvalue weighted by atomic mass is 10.2. The van der Waals surface area contributed by atoms with Crippen molar-refractivity contribution in [2.24, 2.45) is 0 Å². The minimum Gasteiger partial charge on any atom is -0.390 e. The van der Waals surface area contributed by atoms with Crippen molar-refractivity contribution < 1.29 is 13.5 Å². The Hall–Kier alpha value is -0.500. The molecule has 1 fully saturated rings. The van der Waals surface area contributed by atoms with Crippen LogP contribution in [0, 0.1) is 0 Å². The SMILES string of the molecule is CN(Cc1cscn1)C1CS(=O)(=O)CC1O. The first kappa shape index (κ1) is 12.0. The van der Waals surface area contributed by atoms with Gasteiger partial charge in [0.05, 0.1) is 34.9 Å². The number of hydrogen-bond donors (Lipinski definition) is 1. The van der Waals surface area contributed by atoms with Crippen molar-refractivity contribution in [2.45, 2.75) is 18.7 Å². The highest BCUT2D eigenvalue weighted by Crippen LogP contribution is 2.19. The van der Waals surface area contributed by atoms with E-state index in [1.807, 2.05) is 17.3 Å². The maximum Gasteiger partial charge on any atom is 0.154 e. The van der Waals surface area contributed by atoms with Gasteiger partial charge in [-0.15, -0.1) is 11.3 Å². The molecule has 1 saturated heterocycles. The van der Waals surface area contributed by atoms with E-state index >= 15 is 0 Å². The molecule has 7 heteroatoms. The van der Waals surface area contributed by atoms with Gasteiger partial charge in [0.25, 0.3) is 0 Å². The van der Waals surface area contributed by atoms with Crippen LogP contribution in [-0.4, -0.2) is 54.1 Å². The number of sulfone groups is 1. The second-order valence-electron chi connectivity index (χ2n) is 4.11. The summed E-state index contributed by atoms with van der Waals surface area (Å²) in [5.74, 6) is -0.0894. The van der Waals surface area contributed by atoms with Gasteiger partial charge in [-0.3, -0.25) is 4.90 Å². The zero-order valence-corrected chi connectivity index (χ0v) is 10.5. The zero-order valence-electron chi connectivity index (χ0n) is 8.91. The topological polar surface area (TPSA) is 70.5 Å². The summed E-state index contributed by atoms with van der Waals surface area (Å²) in [5.41, 5.74) is 2.65. The fourth-order valence-corrected chi connectivity index (χ4v) is 4.35. The highest BCUT2D eigenvalue weighted by atomic mass is 32.2. The molecule has 2 atom stereocenters. The molecule has 2 rings (SSSR count). The molecule has 16 heavy (non-hydrogen) atoms. The van der Waals surface area contributed by atoms with Gasteiger partial charge in [-0.1, -0.05) is 0 Å². The Morgan fingerprint density at radius 1 is 1.62 bits per heavy atom. The number of hydrogen-bond acceptors (Lipinski definition) is 6. The van der Waals surface area contributed by atoms with Crippen molar-refractivity contribution in [3.05, 3.63) is 16.6 Å². The molecule has 1 aliphatic rings. The Morgan fingerprint density at radius 3 is 2.88 bits per heavy atom. The molecule has 0 saturated carbocycles. The molecule has 1 N–H and O–H groups in total. The predicted molar refractivity (Wildman–Crippen MR) is 62.0 cm³/mol. The van der Waals surface area contributed by atoms with E-state index < -0.39 is 15.9 Å². The highest BCUT2D eigenvalue weighted by molar-refractivity contribution is 7.91. The zero-order chi connectivity index (χ0) is 11.8. The molecule has 90 valence electrons.